The van der Waals surface area contributed by atoms with Crippen molar-refractivity contribution in [1.82, 2.24) is 14.7 Å². The fraction of sp³-hybridized carbons (Fsp3) is 0.400. The predicted octanol–water partition coefficient (Wildman–Crippen LogP) is 2.40. The van der Waals surface area contributed by atoms with Crippen LogP contribution in [0.3, 0.4) is 0 Å². The van der Waals surface area contributed by atoms with E-state index in [2.05, 4.69) is 5.10 Å². The molecule has 2 heterocycles. The number of rotatable bonds is 5. The van der Waals surface area contributed by atoms with Crippen LogP contribution in [0.4, 0.5) is 14.5 Å². The second-order valence-corrected chi connectivity index (χ2v) is 5.54. The van der Waals surface area contributed by atoms with Crippen LogP contribution in [0, 0.1) is 0 Å². The molecule has 1 unspecified atom stereocenters. The zero-order valence-electron chi connectivity index (χ0n) is 11.6. The van der Waals surface area contributed by atoms with E-state index in [9.17, 15) is 8.78 Å². The summed E-state index contributed by atoms with van der Waals surface area (Å²) in [5.41, 5.74) is 7.44. The molecular weight excluding hydrogens is 274 g/mol. The van der Waals surface area contributed by atoms with E-state index in [0.717, 1.165) is 12.0 Å². The number of nitrogen functional groups attached to an aromatic ring is 1. The van der Waals surface area contributed by atoms with E-state index < -0.39 is 5.92 Å². The number of alkyl halides is 2. The first-order valence-corrected chi connectivity index (χ1v) is 6.98. The quantitative estimate of drug-likeness (QED) is 0.920. The van der Waals surface area contributed by atoms with Crippen molar-refractivity contribution < 1.29 is 8.78 Å². The average molecular weight is 292 g/mol. The van der Waals surface area contributed by atoms with Crippen LogP contribution in [-0.2, 0) is 0 Å². The average Bonchev–Trinajstić information content (AvgIpc) is 2.84. The number of anilines is 1. The zero-order chi connectivity index (χ0) is 14.9. The first kappa shape index (κ1) is 14.0. The predicted molar refractivity (Wildman–Crippen MR) is 77.2 cm³/mol. The molecule has 0 spiro atoms. The summed E-state index contributed by atoms with van der Waals surface area (Å²) in [6.07, 6.45) is 4.11. The monoisotopic (exact) mass is 292 g/mol. The van der Waals surface area contributed by atoms with Crippen LogP contribution in [0.1, 0.15) is 18.0 Å². The molecule has 0 saturated carbocycles. The lowest BCUT2D eigenvalue weighted by Crippen LogP contribution is -2.56. The molecule has 0 amide bonds. The molecule has 1 atom stereocenters. The zero-order valence-corrected chi connectivity index (χ0v) is 11.6. The molecule has 2 N–H and O–H groups in total. The lowest BCUT2D eigenvalue weighted by atomic mass is 10.0. The molecular formula is C15H18F2N4. The fourth-order valence-corrected chi connectivity index (χ4v) is 2.72. The van der Waals surface area contributed by atoms with Crippen molar-refractivity contribution >= 4 is 5.69 Å². The van der Waals surface area contributed by atoms with Gasteiger partial charge in [-0.3, -0.25) is 9.58 Å². The SMILES string of the molecule is Nc1cnn(C(CCN2CC(F)(F)C2)c2ccccc2)c1. The molecule has 21 heavy (non-hydrogen) atoms. The Kier molecular flexibility index (Phi) is 3.63. The van der Waals surface area contributed by atoms with Crippen LogP contribution in [0.25, 0.3) is 0 Å². The van der Waals surface area contributed by atoms with E-state index in [1.807, 2.05) is 35.0 Å². The number of likely N-dealkylation sites (tertiary alicyclic amines) is 1. The molecule has 0 aliphatic carbocycles. The smallest absolute Gasteiger partial charge is 0.272 e. The lowest BCUT2D eigenvalue weighted by molar-refractivity contribution is -0.130. The summed E-state index contributed by atoms with van der Waals surface area (Å²) in [5.74, 6) is -2.52. The third kappa shape index (κ3) is 3.21. The van der Waals surface area contributed by atoms with Crippen LogP contribution in [0.5, 0.6) is 0 Å². The summed E-state index contributed by atoms with van der Waals surface area (Å²) in [5, 5.41) is 4.27. The number of nitrogens with zero attached hydrogens (tertiary/aromatic N) is 3. The van der Waals surface area contributed by atoms with Gasteiger partial charge in [-0.15, -0.1) is 0 Å². The van der Waals surface area contributed by atoms with Gasteiger partial charge in [0.1, 0.15) is 0 Å². The molecule has 1 aromatic heterocycles. The molecule has 3 rings (SSSR count). The van der Waals surface area contributed by atoms with E-state index >= 15 is 0 Å². The van der Waals surface area contributed by atoms with Gasteiger partial charge in [-0.2, -0.15) is 5.10 Å². The summed E-state index contributed by atoms with van der Waals surface area (Å²) >= 11 is 0. The molecule has 1 aliphatic rings. The van der Waals surface area contributed by atoms with E-state index in [1.54, 1.807) is 17.3 Å². The van der Waals surface area contributed by atoms with E-state index in [4.69, 9.17) is 5.73 Å². The van der Waals surface area contributed by atoms with Gasteiger partial charge in [-0.1, -0.05) is 30.3 Å². The van der Waals surface area contributed by atoms with Crippen LogP contribution >= 0.6 is 0 Å². The van der Waals surface area contributed by atoms with Gasteiger partial charge in [-0.05, 0) is 12.0 Å². The second-order valence-electron chi connectivity index (χ2n) is 5.54. The van der Waals surface area contributed by atoms with Crippen LogP contribution in [0.2, 0.25) is 0 Å². The minimum absolute atomic E-state index is 0.0118. The summed E-state index contributed by atoms with van der Waals surface area (Å²) in [7, 11) is 0. The topological polar surface area (TPSA) is 47.1 Å². The molecule has 0 bridgehead atoms. The second kappa shape index (κ2) is 5.44. The normalized spacial score (nSPS) is 19.1. The number of halogens is 2. The highest BCUT2D eigenvalue weighted by Crippen LogP contribution is 2.29. The summed E-state index contributed by atoms with van der Waals surface area (Å²) in [6.45, 7) is 0.334. The Morgan fingerprint density at radius 1 is 1.24 bits per heavy atom. The van der Waals surface area contributed by atoms with E-state index in [1.165, 1.54) is 0 Å². The Labute approximate surface area is 122 Å². The molecule has 112 valence electrons. The maximum Gasteiger partial charge on any atom is 0.272 e. The summed E-state index contributed by atoms with van der Waals surface area (Å²) in [6, 6.07) is 9.94. The van der Waals surface area contributed by atoms with Gasteiger partial charge in [0.25, 0.3) is 5.92 Å². The molecule has 1 saturated heterocycles. The standard InChI is InChI=1S/C15H18F2N4/c16-15(17)10-20(11-15)7-6-14(12-4-2-1-3-5-12)21-9-13(18)8-19-21/h1-5,8-9,14H,6-7,10-11,18H2. The van der Waals surface area contributed by atoms with Crippen LogP contribution in [0.15, 0.2) is 42.7 Å². The minimum Gasteiger partial charge on any atom is -0.396 e. The maximum absolute atomic E-state index is 12.9. The van der Waals surface area contributed by atoms with Crippen LogP contribution < -0.4 is 5.73 Å². The van der Waals surface area contributed by atoms with Gasteiger partial charge in [0.2, 0.25) is 0 Å². The number of hydrogen-bond acceptors (Lipinski definition) is 3. The summed E-state index contributed by atoms with van der Waals surface area (Å²) in [4.78, 5) is 1.77. The molecule has 1 fully saturated rings. The van der Waals surface area contributed by atoms with E-state index in [0.29, 0.717) is 12.2 Å². The van der Waals surface area contributed by atoms with Crippen molar-refractivity contribution in [3.05, 3.63) is 48.3 Å². The van der Waals surface area contributed by atoms with Crippen molar-refractivity contribution in [2.24, 2.45) is 0 Å². The lowest BCUT2D eigenvalue weighted by Gasteiger charge is -2.39. The molecule has 2 aromatic rings. The van der Waals surface area contributed by atoms with Gasteiger partial charge >= 0.3 is 0 Å². The molecule has 4 nitrogen and oxygen atoms in total. The third-order valence-electron chi connectivity index (χ3n) is 3.75. The highest BCUT2D eigenvalue weighted by atomic mass is 19.3. The van der Waals surface area contributed by atoms with Crippen LogP contribution in [-0.4, -0.2) is 40.2 Å². The molecule has 1 aliphatic heterocycles. The number of aromatic nitrogens is 2. The molecule has 6 heteroatoms. The van der Waals surface area contributed by atoms with Gasteiger partial charge in [0.15, 0.2) is 0 Å². The maximum atomic E-state index is 12.9. The Hall–Kier alpha value is -1.95. The van der Waals surface area contributed by atoms with Crippen molar-refractivity contribution in [2.75, 3.05) is 25.4 Å². The number of hydrogen-bond donors (Lipinski definition) is 1. The van der Waals surface area contributed by atoms with E-state index in [-0.39, 0.29) is 19.1 Å². The third-order valence-corrected chi connectivity index (χ3v) is 3.75. The van der Waals surface area contributed by atoms with Gasteiger partial charge in [0, 0.05) is 12.7 Å². The van der Waals surface area contributed by atoms with Gasteiger partial charge in [0.05, 0.1) is 31.0 Å². The largest absolute Gasteiger partial charge is 0.396 e. The Balaban J connectivity index is 1.71. The highest BCUT2D eigenvalue weighted by molar-refractivity contribution is 5.32. The first-order chi connectivity index (χ1) is 10.0. The Morgan fingerprint density at radius 2 is 1.95 bits per heavy atom. The van der Waals surface area contributed by atoms with Crippen molar-refractivity contribution in [1.29, 1.82) is 0 Å². The summed E-state index contributed by atoms with van der Waals surface area (Å²) < 4.78 is 27.6. The Morgan fingerprint density at radius 3 is 2.52 bits per heavy atom. The molecule has 1 aromatic carbocycles. The number of benzene rings is 1. The fourth-order valence-electron chi connectivity index (χ4n) is 2.72. The highest BCUT2D eigenvalue weighted by Gasteiger charge is 2.43. The van der Waals surface area contributed by atoms with Gasteiger partial charge < -0.3 is 5.73 Å². The molecule has 0 radical (unpaired) electrons. The number of nitrogens with two attached hydrogens (primary N) is 1. The van der Waals surface area contributed by atoms with Gasteiger partial charge in [-0.25, -0.2) is 8.78 Å². The van der Waals surface area contributed by atoms with Crippen molar-refractivity contribution in [3.8, 4) is 0 Å². The van der Waals surface area contributed by atoms with Crippen molar-refractivity contribution in [2.45, 2.75) is 18.4 Å². The first-order valence-electron chi connectivity index (χ1n) is 6.98. The Bertz CT molecular complexity index is 589. The van der Waals surface area contributed by atoms with Crippen molar-refractivity contribution in [3.63, 3.8) is 0 Å². The minimum atomic E-state index is -2.52.